The highest BCUT2D eigenvalue weighted by molar-refractivity contribution is 5.91. The van der Waals surface area contributed by atoms with Gasteiger partial charge in [0, 0.05) is 31.3 Å². The Kier molecular flexibility index (Phi) is 4.73. The van der Waals surface area contributed by atoms with Crippen molar-refractivity contribution in [3.63, 3.8) is 0 Å². The number of piperidine rings is 1. The molecule has 0 radical (unpaired) electrons. The number of nitrogens with zero attached hydrogens (tertiary/aromatic N) is 2. The maximum Gasteiger partial charge on any atom is 0.246 e. The molecule has 1 aromatic heterocycles. The van der Waals surface area contributed by atoms with E-state index >= 15 is 0 Å². The van der Waals surface area contributed by atoms with Crippen LogP contribution in [0.25, 0.3) is 6.08 Å². The fourth-order valence-electron chi connectivity index (χ4n) is 7.21. The molecule has 1 aromatic carbocycles. The Morgan fingerprint density at radius 3 is 2.97 bits per heavy atom. The van der Waals surface area contributed by atoms with Crippen LogP contribution < -0.4 is 4.74 Å². The molecular weight excluding hydrogens is 432 g/mol. The van der Waals surface area contributed by atoms with Gasteiger partial charge in [0.2, 0.25) is 5.91 Å². The summed E-state index contributed by atoms with van der Waals surface area (Å²) in [6.07, 6.45) is 8.78. The van der Waals surface area contributed by atoms with Crippen LogP contribution in [0, 0.1) is 0 Å². The Balaban J connectivity index is 1.41. The van der Waals surface area contributed by atoms with Gasteiger partial charge in [0.05, 0.1) is 23.3 Å². The van der Waals surface area contributed by atoms with E-state index in [1.54, 1.807) is 42.5 Å². The third kappa shape index (κ3) is 2.68. The molecular formula is C27H30N2O5. The second-order valence-corrected chi connectivity index (χ2v) is 10.0. The van der Waals surface area contributed by atoms with Crippen LogP contribution in [0.3, 0.4) is 0 Å². The maximum absolute atomic E-state index is 13.1. The number of carbonyl (C=O) groups excluding carboxylic acids is 1. The lowest BCUT2D eigenvalue weighted by Crippen LogP contribution is -2.78. The van der Waals surface area contributed by atoms with Crippen molar-refractivity contribution in [2.24, 2.45) is 0 Å². The quantitative estimate of drug-likeness (QED) is 0.525. The van der Waals surface area contributed by atoms with Gasteiger partial charge in [0.25, 0.3) is 0 Å². The summed E-state index contributed by atoms with van der Waals surface area (Å²) < 4.78 is 11.8. The number of amides is 1. The van der Waals surface area contributed by atoms with Gasteiger partial charge in [-0.15, -0.1) is 6.58 Å². The van der Waals surface area contributed by atoms with E-state index in [1.165, 1.54) is 6.08 Å². The van der Waals surface area contributed by atoms with Crippen LogP contribution in [0.1, 0.15) is 36.1 Å². The summed E-state index contributed by atoms with van der Waals surface area (Å²) in [5.41, 5.74) is 0.395. The molecule has 2 aliphatic heterocycles. The minimum atomic E-state index is -1.00. The number of hydrogen-bond acceptors (Lipinski definition) is 6. The predicted octanol–water partition coefficient (Wildman–Crippen LogP) is 2.87. The molecule has 1 saturated heterocycles. The molecule has 34 heavy (non-hydrogen) atoms. The number of phenolic OH excluding ortho intramolecular Hbond substituents is 1. The molecule has 6 rings (SSSR count). The van der Waals surface area contributed by atoms with Crippen molar-refractivity contribution >= 4 is 12.0 Å². The van der Waals surface area contributed by atoms with E-state index in [9.17, 15) is 15.0 Å². The van der Waals surface area contributed by atoms with E-state index in [1.807, 2.05) is 12.1 Å². The molecule has 1 amide bonds. The van der Waals surface area contributed by atoms with E-state index in [0.29, 0.717) is 43.7 Å². The number of likely N-dealkylation sites (tertiary alicyclic amines) is 1. The molecule has 2 aromatic rings. The van der Waals surface area contributed by atoms with Crippen LogP contribution in [-0.2, 0) is 16.6 Å². The first-order valence-corrected chi connectivity index (χ1v) is 12.0. The van der Waals surface area contributed by atoms with Gasteiger partial charge < -0.3 is 24.3 Å². The minimum Gasteiger partial charge on any atom is -0.504 e. The number of aliphatic hydroxyl groups is 1. The van der Waals surface area contributed by atoms with Crippen molar-refractivity contribution in [3.8, 4) is 11.5 Å². The molecule has 178 valence electrons. The molecule has 2 N–H and O–H groups in total. The predicted molar refractivity (Wildman–Crippen MR) is 127 cm³/mol. The molecule has 3 heterocycles. The summed E-state index contributed by atoms with van der Waals surface area (Å²) in [6, 6.07) is 6.93. The molecule has 4 aliphatic rings. The van der Waals surface area contributed by atoms with Crippen molar-refractivity contribution in [2.45, 2.75) is 54.9 Å². The molecule has 2 aliphatic carbocycles. The zero-order valence-electron chi connectivity index (χ0n) is 19.3. The molecule has 0 unspecified atom stereocenters. The number of furan rings is 1. The second-order valence-electron chi connectivity index (χ2n) is 10.0. The van der Waals surface area contributed by atoms with Crippen molar-refractivity contribution < 1.29 is 24.2 Å². The van der Waals surface area contributed by atoms with Gasteiger partial charge >= 0.3 is 0 Å². The lowest BCUT2D eigenvalue weighted by molar-refractivity contribution is -0.198. The van der Waals surface area contributed by atoms with Gasteiger partial charge in [-0.25, -0.2) is 0 Å². The Morgan fingerprint density at radius 2 is 2.21 bits per heavy atom. The first-order valence-electron chi connectivity index (χ1n) is 12.0. The van der Waals surface area contributed by atoms with E-state index in [0.717, 1.165) is 17.7 Å². The monoisotopic (exact) mass is 462 g/mol. The molecule has 7 nitrogen and oxygen atoms in total. The van der Waals surface area contributed by atoms with E-state index < -0.39 is 17.1 Å². The molecule has 2 bridgehead atoms. The average Bonchev–Trinajstić information content (AvgIpc) is 3.46. The summed E-state index contributed by atoms with van der Waals surface area (Å²) in [5.74, 6) is 1.04. The number of rotatable bonds is 5. The third-order valence-corrected chi connectivity index (χ3v) is 8.68. The van der Waals surface area contributed by atoms with E-state index in [4.69, 9.17) is 9.15 Å². The number of benzene rings is 1. The Hall–Kier alpha value is -3.03. The summed E-state index contributed by atoms with van der Waals surface area (Å²) in [7, 11) is 1.79. The van der Waals surface area contributed by atoms with Gasteiger partial charge in [0.1, 0.15) is 11.9 Å². The fraction of sp³-hybridized carbons (Fsp3) is 0.444. The van der Waals surface area contributed by atoms with Crippen LogP contribution in [0.5, 0.6) is 11.5 Å². The number of aromatic hydroxyl groups is 1. The Labute approximate surface area is 198 Å². The number of ether oxygens (including phenoxy) is 1. The molecule has 2 fully saturated rings. The van der Waals surface area contributed by atoms with Crippen LogP contribution in [0.4, 0.5) is 0 Å². The minimum absolute atomic E-state index is 0.0610. The van der Waals surface area contributed by atoms with Crippen molar-refractivity contribution in [1.29, 1.82) is 0 Å². The SMILES string of the molecule is C=CCN1CC[C@]23c4c5ccc(O)c4O[C@H]2[C@H](N(C)C(=O)/C=C/c2ccco2)CC[C@@]3(O)[C@H]1C5. The van der Waals surface area contributed by atoms with Crippen molar-refractivity contribution in [2.75, 3.05) is 20.1 Å². The zero-order valence-corrected chi connectivity index (χ0v) is 19.3. The lowest BCUT2D eigenvalue weighted by Gasteiger charge is -2.64. The first-order chi connectivity index (χ1) is 16.4. The topological polar surface area (TPSA) is 86.4 Å². The summed E-state index contributed by atoms with van der Waals surface area (Å²) >= 11 is 0. The average molecular weight is 463 g/mol. The Morgan fingerprint density at radius 1 is 1.35 bits per heavy atom. The highest BCUT2D eigenvalue weighted by Crippen LogP contribution is 2.65. The van der Waals surface area contributed by atoms with Crippen LogP contribution in [-0.4, -0.2) is 69.8 Å². The molecule has 7 heteroatoms. The van der Waals surface area contributed by atoms with Gasteiger partial charge in [-0.05, 0) is 62.1 Å². The van der Waals surface area contributed by atoms with E-state index in [2.05, 4.69) is 11.5 Å². The van der Waals surface area contributed by atoms with Gasteiger partial charge in [-0.3, -0.25) is 9.69 Å². The summed E-state index contributed by atoms with van der Waals surface area (Å²) in [4.78, 5) is 17.2. The standard InChI is InChI=1S/C27H30N2O5/c1-3-13-29-14-12-26-23-17-6-8-20(30)24(23)34-25(26)19(10-11-27(26,32)21(29)16-17)28(2)22(31)9-7-18-5-4-15-33-18/h3-9,15,19,21,25,30,32H,1,10-14,16H2,2H3/b9-7+/t19-,21-,25+,26+,27-/m1/s1. The fourth-order valence-corrected chi connectivity index (χ4v) is 7.21. The van der Waals surface area contributed by atoms with Crippen molar-refractivity contribution in [1.82, 2.24) is 9.80 Å². The van der Waals surface area contributed by atoms with Gasteiger partial charge in [-0.2, -0.15) is 0 Å². The second kappa shape index (κ2) is 7.48. The number of hydrogen-bond donors (Lipinski definition) is 2. The van der Waals surface area contributed by atoms with Gasteiger partial charge in [-0.1, -0.05) is 12.1 Å². The normalized spacial score (nSPS) is 33.4. The van der Waals surface area contributed by atoms with Gasteiger partial charge in [0.15, 0.2) is 11.5 Å². The number of likely N-dealkylation sites (N-methyl/N-ethyl adjacent to an activating group) is 1. The van der Waals surface area contributed by atoms with Crippen molar-refractivity contribution in [3.05, 3.63) is 66.1 Å². The lowest BCUT2D eigenvalue weighted by atomic mass is 9.48. The van der Waals surface area contributed by atoms with Crippen LogP contribution in [0.15, 0.2) is 53.7 Å². The summed E-state index contributed by atoms with van der Waals surface area (Å²) in [5, 5.41) is 23.1. The highest BCUT2D eigenvalue weighted by Gasteiger charge is 2.73. The highest BCUT2D eigenvalue weighted by atomic mass is 16.5. The first kappa shape index (κ1) is 21.5. The third-order valence-electron chi connectivity index (χ3n) is 8.68. The van der Waals surface area contributed by atoms with Crippen LogP contribution >= 0.6 is 0 Å². The summed E-state index contributed by atoms with van der Waals surface area (Å²) in [6.45, 7) is 5.44. The van der Waals surface area contributed by atoms with Crippen LogP contribution in [0.2, 0.25) is 0 Å². The Bertz CT molecular complexity index is 1170. The molecule has 5 atom stereocenters. The zero-order chi connectivity index (χ0) is 23.7. The number of carbonyl (C=O) groups is 1. The largest absolute Gasteiger partial charge is 0.504 e. The maximum atomic E-state index is 13.1. The molecule has 1 saturated carbocycles. The number of phenols is 1. The van der Waals surface area contributed by atoms with E-state index in [-0.39, 0.29) is 23.7 Å². The molecule has 1 spiro atoms. The smallest absolute Gasteiger partial charge is 0.246 e.